The molecule has 0 radical (unpaired) electrons. The molecule has 0 bridgehead atoms. The van der Waals surface area contributed by atoms with Crippen LogP contribution in [-0.2, 0) is 0 Å². The van der Waals surface area contributed by atoms with Crippen molar-refractivity contribution in [3.8, 4) is 5.75 Å². The smallest absolute Gasteiger partial charge is 0.311 e. The molecule has 0 aliphatic heterocycles. The predicted octanol–water partition coefficient (Wildman–Crippen LogP) is 3.67. The maximum Gasteiger partial charge on any atom is 0.311 e. The Morgan fingerprint density at radius 1 is 1.20 bits per heavy atom. The summed E-state index contributed by atoms with van der Waals surface area (Å²) in [6.45, 7) is 3.68. The molecule has 0 unspecified atom stereocenters. The SMILES string of the molecule is Cc1cccc(N=Cc2cc(C)cc([N+](=O)[O-])c2O)c1. The summed E-state index contributed by atoms with van der Waals surface area (Å²) in [5.41, 5.74) is 2.52. The third-order valence-electron chi connectivity index (χ3n) is 2.81. The highest BCUT2D eigenvalue weighted by Crippen LogP contribution is 2.30. The number of hydrogen-bond donors (Lipinski definition) is 1. The van der Waals surface area contributed by atoms with E-state index in [2.05, 4.69) is 4.99 Å². The Labute approximate surface area is 116 Å². The van der Waals surface area contributed by atoms with Crippen molar-refractivity contribution < 1.29 is 10.0 Å². The minimum absolute atomic E-state index is 0.310. The Bertz CT molecular complexity index is 694. The van der Waals surface area contributed by atoms with Crippen LogP contribution in [0.1, 0.15) is 16.7 Å². The van der Waals surface area contributed by atoms with Gasteiger partial charge in [-0.05, 0) is 43.2 Å². The maximum absolute atomic E-state index is 10.8. The fourth-order valence-corrected chi connectivity index (χ4v) is 1.88. The van der Waals surface area contributed by atoms with Crippen LogP contribution in [0.2, 0.25) is 0 Å². The van der Waals surface area contributed by atoms with Gasteiger partial charge in [-0.2, -0.15) is 0 Å². The van der Waals surface area contributed by atoms with Gasteiger partial charge in [0, 0.05) is 17.8 Å². The molecule has 5 heteroatoms. The van der Waals surface area contributed by atoms with Crippen molar-refractivity contribution >= 4 is 17.6 Å². The first-order chi connectivity index (χ1) is 9.47. The molecule has 0 amide bonds. The largest absolute Gasteiger partial charge is 0.502 e. The van der Waals surface area contributed by atoms with Gasteiger partial charge in [-0.1, -0.05) is 12.1 Å². The van der Waals surface area contributed by atoms with E-state index in [1.165, 1.54) is 12.3 Å². The zero-order chi connectivity index (χ0) is 14.7. The zero-order valence-corrected chi connectivity index (χ0v) is 11.2. The lowest BCUT2D eigenvalue weighted by Gasteiger charge is -2.02. The van der Waals surface area contributed by atoms with Crippen molar-refractivity contribution in [2.45, 2.75) is 13.8 Å². The molecule has 20 heavy (non-hydrogen) atoms. The Kier molecular flexibility index (Phi) is 3.79. The summed E-state index contributed by atoms with van der Waals surface area (Å²) in [6.07, 6.45) is 1.43. The molecular weight excluding hydrogens is 256 g/mol. The molecular formula is C15H14N2O3. The van der Waals surface area contributed by atoms with E-state index >= 15 is 0 Å². The second-order valence-electron chi connectivity index (χ2n) is 4.58. The third kappa shape index (κ3) is 3.00. The summed E-state index contributed by atoms with van der Waals surface area (Å²) >= 11 is 0. The molecule has 0 aromatic heterocycles. The monoisotopic (exact) mass is 270 g/mol. The van der Waals surface area contributed by atoms with Gasteiger partial charge in [-0.3, -0.25) is 15.1 Å². The van der Waals surface area contributed by atoms with Gasteiger partial charge in [-0.15, -0.1) is 0 Å². The first-order valence-corrected chi connectivity index (χ1v) is 6.06. The first kappa shape index (κ1) is 13.7. The molecule has 0 saturated carbocycles. The summed E-state index contributed by atoms with van der Waals surface area (Å²) in [7, 11) is 0. The highest BCUT2D eigenvalue weighted by Gasteiger charge is 2.16. The molecule has 2 aromatic carbocycles. The van der Waals surface area contributed by atoms with Gasteiger partial charge in [0.15, 0.2) is 0 Å². The Balaban J connectivity index is 2.41. The minimum atomic E-state index is -0.605. The maximum atomic E-state index is 10.8. The van der Waals surface area contributed by atoms with Crippen molar-refractivity contribution in [2.75, 3.05) is 0 Å². The van der Waals surface area contributed by atoms with Crippen molar-refractivity contribution in [3.63, 3.8) is 0 Å². The van der Waals surface area contributed by atoms with Crippen LogP contribution in [-0.4, -0.2) is 16.2 Å². The number of phenolic OH excluding ortho intramolecular Hbond substituents is 1. The number of rotatable bonds is 3. The first-order valence-electron chi connectivity index (χ1n) is 6.06. The van der Waals surface area contributed by atoms with E-state index in [0.717, 1.165) is 11.3 Å². The molecule has 0 fully saturated rings. The number of benzene rings is 2. The van der Waals surface area contributed by atoms with Gasteiger partial charge in [0.2, 0.25) is 5.75 Å². The molecule has 0 aliphatic carbocycles. The number of aliphatic imine (C=N–C) groups is 1. The zero-order valence-electron chi connectivity index (χ0n) is 11.2. The van der Waals surface area contributed by atoms with Gasteiger partial charge in [0.1, 0.15) is 0 Å². The quantitative estimate of drug-likeness (QED) is 0.525. The van der Waals surface area contributed by atoms with Crippen LogP contribution in [0, 0.1) is 24.0 Å². The Hall–Kier alpha value is -2.69. The van der Waals surface area contributed by atoms with E-state index in [4.69, 9.17) is 0 Å². The van der Waals surface area contributed by atoms with Gasteiger partial charge in [-0.25, -0.2) is 0 Å². The van der Waals surface area contributed by atoms with Crippen molar-refractivity contribution in [2.24, 2.45) is 4.99 Å². The molecule has 0 atom stereocenters. The van der Waals surface area contributed by atoms with Crippen molar-refractivity contribution in [1.82, 2.24) is 0 Å². The number of phenols is 1. The van der Waals surface area contributed by atoms with Crippen LogP contribution in [0.3, 0.4) is 0 Å². The second-order valence-corrected chi connectivity index (χ2v) is 4.58. The summed E-state index contributed by atoms with van der Waals surface area (Å²) in [5, 5.41) is 20.7. The van der Waals surface area contributed by atoms with Crippen LogP contribution in [0.5, 0.6) is 5.75 Å². The number of nitrogens with zero attached hydrogens (tertiary/aromatic N) is 2. The second kappa shape index (κ2) is 5.52. The van der Waals surface area contributed by atoms with E-state index in [-0.39, 0.29) is 11.4 Å². The number of nitro benzene ring substituents is 1. The average Bonchev–Trinajstić information content (AvgIpc) is 2.39. The lowest BCUT2D eigenvalue weighted by molar-refractivity contribution is -0.385. The normalized spacial score (nSPS) is 10.9. The standard InChI is InChI=1S/C15H14N2O3/c1-10-4-3-5-13(7-10)16-9-12-6-11(2)8-14(15(12)18)17(19)20/h3-9,18H,1-2H3. The molecule has 5 nitrogen and oxygen atoms in total. The van der Waals surface area contributed by atoms with E-state index < -0.39 is 4.92 Å². The van der Waals surface area contributed by atoms with Crippen LogP contribution >= 0.6 is 0 Å². The summed E-state index contributed by atoms with van der Waals surface area (Å²) in [5.74, 6) is -0.364. The number of nitro groups is 1. The van der Waals surface area contributed by atoms with Gasteiger partial charge in [0.25, 0.3) is 0 Å². The van der Waals surface area contributed by atoms with Crippen molar-refractivity contribution in [3.05, 3.63) is 63.2 Å². The average molecular weight is 270 g/mol. The summed E-state index contributed by atoms with van der Waals surface area (Å²) in [6, 6.07) is 10.5. The molecule has 0 saturated heterocycles. The van der Waals surface area contributed by atoms with Crippen LogP contribution in [0.4, 0.5) is 11.4 Å². The Morgan fingerprint density at radius 2 is 1.95 bits per heavy atom. The van der Waals surface area contributed by atoms with Crippen LogP contribution in [0.25, 0.3) is 0 Å². The fraction of sp³-hybridized carbons (Fsp3) is 0.133. The van der Waals surface area contributed by atoms with E-state index in [0.29, 0.717) is 11.1 Å². The molecule has 2 rings (SSSR count). The van der Waals surface area contributed by atoms with Crippen molar-refractivity contribution in [1.29, 1.82) is 0 Å². The van der Waals surface area contributed by atoms with Crippen LogP contribution in [0.15, 0.2) is 41.4 Å². The highest BCUT2D eigenvalue weighted by atomic mass is 16.6. The van der Waals surface area contributed by atoms with Gasteiger partial charge in [0.05, 0.1) is 10.6 Å². The minimum Gasteiger partial charge on any atom is -0.502 e. The topological polar surface area (TPSA) is 75.7 Å². The highest BCUT2D eigenvalue weighted by molar-refractivity contribution is 5.87. The molecule has 0 heterocycles. The molecule has 2 aromatic rings. The van der Waals surface area contributed by atoms with Gasteiger partial charge >= 0.3 is 5.69 Å². The van der Waals surface area contributed by atoms with E-state index in [1.807, 2.05) is 31.2 Å². The Morgan fingerprint density at radius 3 is 2.60 bits per heavy atom. The molecule has 102 valence electrons. The van der Waals surface area contributed by atoms with E-state index in [1.54, 1.807) is 13.0 Å². The predicted molar refractivity (Wildman–Crippen MR) is 77.9 cm³/mol. The fourth-order valence-electron chi connectivity index (χ4n) is 1.88. The lowest BCUT2D eigenvalue weighted by atomic mass is 10.1. The van der Waals surface area contributed by atoms with Crippen LogP contribution < -0.4 is 0 Å². The number of hydrogen-bond acceptors (Lipinski definition) is 4. The number of aryl methyl sites for hydroxylation is 2. The van der Waals surface area contributed by atoms with E-state index in [9.17, 15) is 15.2 Å². The third-order valence-corrected chi connectivity index (χ3v) is 2.81. The number of aromatic hydroxyl groups is 1. The lowest BCUT2D eigenvalue weighted by Crippen LogP contribution is -1.93. The summed E-state index contributed by atoms with van der Waals surface area (Å²) in [4.78, 5) is 14.5. The molecule has 1 N–H and O–H groups in total. The summed E-state index contributed by atoms with van der Waals surface area (Å²) < 4.78 is 0. The molecule has 0 aliphatic rings. The molecule has 0 spiro atoms. The van der Waals surface area contributed by atoms with Gasteiger partial charge < -0.3 is 5.11 Å².